The summed E-state index contributed by atoms with van der Waals surface area (Å²) in [6.07, 6.45) is 4.41. The lowest BCUT2D eigenvalue weighted by Gasteiger charge is -2.38. The van der Waals surface area contributed by atoms with Gasteiger partial charge in [-0.1, -0.05) is 0 Å². The first-order valence-corrected chi connectivity index (χ1v) is 6.31. The minimum atomic E-state index is -0.754. The van der Waals surface area contributed by atoms with E-state index >= 15 is 0 Å². The first kappa shape index (κ1) is 11.7. The van der Waals surface area contributed by atoms with Gasteiger partial charge in [-0.25, -0.2) is 4.79 Å². The molecule has 2 aliphatic heterocycles. The molecule has 92 valence electrons. The van der Waals surface area contributed by atoms with Crippen LogP contribution >= 0.6 is 0 Å². The smallest absolute Gasteiger partial charge is 0.407 e. The fourth-order valence-corrected chi connectivity index (χ4v) is 2.73. The molecule has 0 aliphatic carbocycles. The van der Waals surface area contributed by atoms with Gasteiger partial charge < -0.3 is 14.9 Å². The van der Waals surface area contributed by atoms with E-state index in [1.165, 1.54) is 43.7 Å². The molecular formula is C12H22N2O2. The molecule has 0 spiro atoms. The van der Waals surface area contributed by atoms with E-state index in [0.29, 0.717) is 5.92 Å². The van der Waals surface area contributed by atoms with Gasteiger partial charge in [0.25, 0.3) is 0 Å². The van der Waals surface area contributed by atoms with Crippen LogP contribution in [0.3, 0.4) is 0 Å². The highest BCUT2D eigenvalue weighted by atomic mass is 16.4. The zero-order valence-electron chi connectivity index (χ0n) is 10.1. The fraction of sp³-hybridized carbons (Fsp3) is 0.917. The first-order chi connectivity index (χ1) is 7.65. The van der Waals surface area contributed by atoms with E-state index in [-0.39, 0.29) is 0 Å². The van der Waals surface area contributed by atoms with Gasteiger partial charge in [0.05, 0.1) is 0 Å². The molecular weight excluding hydrogens is 204 g/mol. The number of rotatable bonds is 3. The van der Waals surface area contributed by atoms with Crippen molar-refractivity contribution in [1.29, 1.82) is 0 Å². The van der Waals surface area contributed by atoms with Gasteiger partial charge in [-0.3, -0.25) is 0 Å². The van der Waals surface area contributed by atoms with Crippen LogP contribution < -0.4 is 0 Å². The molecule has 2 aliphatic rings. The third kappa shape index (κ3) is 2.88. The summed E-state index contributed by atoms with van der Waals surface area (Å²) >= 11 is 0. The Balaban J connectivity index is 1.57. The lowest BCUT2D eigenvalue weighted by atomic mass is 9.86. The second-order valence-corrected chi connectivity index (χ2v) is 5.38. The second-order valence-electron chi connectivity index (χ2n) is 5.38. The SMILES string of the molecule is CN1CCC(CCC2CN(C(=O)O)C2)CC1. The summed E-state index contributed by atoms with van der Waals surface area (Å²) in [6, 6.07) is 0. The number of nitrogens with zero attached hydrogens (tertiary/aromatic N) is 2. The van der Waals surface area contributed by atoms with Crippen molar-refractivity contribution < 1.29 is 9.90 Å². The van der Waals surface area contributed by atoms with Crippen LogP contribution in [0.25, 0.3) is 0 Å². The molecule has 2 heterocycles. The minimum Gasteiger partial charge on any atom is -0.465 e. The number of carboxylic acid groups (broad SMARTS) is 1. The zero-order valence-corrected chi connectivity index (χ0v) is 10.1. The van der Waals surface area contributed by atoms with E-state index in [1.807, 2.05) is 0 Å². The number of piperidine rings is 1. The standard InChI is InChI=1S/C12H22N2O2/c1-13-6-4-10(5-7-13)2-3-11-8-14(9-11)12(15)16/h10-11H,2-9H2,1H3,(H,15,16). The summed E-state index contributed by atoms with van der Waals surface area (Å²) in [5.74, 6) is 1.52. The Kier molecular flexibility index (Phi) is 3.69. The van der Waals surface area contributed by atoms with E-state index in [1.54, 1.807) is 0 Å². The summed E-state index contributed by atoms with van der Waals surface area (Å²) < 4.78 is 0. The van der Waals surface area contributed by atoms with Crippen molar-refractivity contribution in [1.82, 2.24) is 9.80 Å². The van der Waals surface area contributed by atoms with Gasteiger partial charge in [-0.15, -0.1) is 0 Å². The third-order valence-corrected chi connectivity index (χ3v) is 4.05. The van der Waals surface area contributed by atoms with Crippen LogP contribution in [0.1, 0.15) is 25.7 Å². The van der Waals surface area contributed by atoms with Gasteiger partial charge in [0.1, 0.15) is 0 Å². The third-order valence-electron chi connectivity index (χ3n) is 4.05. The average Bonchev–Trinajstić information content (AvgIpc) is 2.18. The van der Waals surface area contributed by atoms with E-state index in [4.69, 9.17) is 5.11 Å². The van der Waals surface area contributed by atoms with Gasteiger partial charge in [0, 0.05) is 13.1 Å². The van der Waals surface area contributed by atoms with Gasteiger partial charge in [-0.2, -0.15) is 0 Å². The Morgan fingerprint density at radius 1 is 1.19 bits per heavy atom. The number of amides is 1. The molecule has 4 heteroatoms. The predicted octanol–water partition coefficient (Wildman–Crippen LogP) is 1.72. The molecule has 2 rings (SSSR count). The maximum Gasteiger partial charge on any atom is 0.407 e. The van der Waals surface area contributed by atoms with Crippen molar-refractivity contribution in [2.75, 3.05) is 33.2 Å². The van der Waals surface area contributed by atoms with Crippen molar-refractivity contribution in [2.45, 2.75) is 25.7 Å². The Morgan fingerprint density at radius 3 is 2.31 bits per heavy atom. The van der Waals surface area contributed by atoms with Crippen molar-refractivity contribution >= 4 is 6.09 Å². The molecule has 0 aromatic rings. The van der Waals surface area contributed by atoms with Gasteiger partial charge >= 0.3 is 6.09 Å². The molecule has 0 aromatic heterocycles. The zero-order chi connectivity index (χ0) is 11.5. The number of carbonyl (C=O) groups is 1. The topological polar surface area (TPSA) is 43.8 Å². The maximum absolute atomic E-state index is 10.6. The van der Waals surface area contributed by atoms with Gasteiger partial charge in [0.2, 0.25) is 0 Å². The highest BCUT2D eigenvalue weighted by molar-refractivity contribution is 5.65. The molecule has 4 nitrogen and oxygen atoms in total. The van der Waals surface area contributed by atoms with E-state index in [0.717, 1.165) is 19.0 Å². The molecule has 0 bridgehead atoms. The Hall–Kier alpha value is -0.770. The van der Waals surface area contributed by atoms with Crippen molar-refractivity contribution in [2.24, 2.45) is 11.8 Å². The molecule has 0 radical (unpaired) electrons. The molecule has 16 heavy (non-hydrogen) atoms. The second kappa shape index (κ2) is 5.04. The molecule has 2 fully saturated rings. The fourth-order valence-electron chi connectivity index (χ4n) is 2.73. The van der Waals surface area contributed by atoms with Crippen LogP contribution in [0.5, 0.6) is 0 Å². The summed E-state index contributed by atoms with van der Waals surface area (Å²) in [5.41, 5.74) is 0. The number of hydrogen-bond acceptors (Lipinski definition) is 2. The average molecular weight is 226 g/mol. The van der Waals surface area contributed by atoms with E-state index < -0.39 is 6.09 Å². The molecule has 0 aromatic carbocycles. The highest BCUT2D eigenvalue weighted by Crippen LogP contribution is 2.27. The normalized spacial score (nSPS) is 24.4. The summed E-state index contributed by atoms with van der Waals surface area (Å²) in [7, 11) is 2.19. The Morgan fingerprint density at radius 2 is 1.75 bits per heavy atom. The molecule has 1 N–H and O–H groups in total. The van der Waals surface area contributed by atoms with E-state index in [2.05, 4.69) is 11.9 Å². The molecule has 0 unspecified atom stereocenters. The lowest BCUT2D eigenvalue weighted by Crippen LogP contribution is -2.49. The molecule has 0 saturated carbocycles. The molecule has 0 atom stereocenters. The Labute approximate surface area is 97.2 Å². The quantitative estimate of drug-likeness (QED) is 0.797. The van der Waals surface area contributed by atoms with Crippen LogP contribution in [0.2, 0.25) is 0 Å². The van der Waals surface area contributed by atoms with Crippen molar-refractivity contribution in [3.05, 3.63) is 0 Å². The number of hydrogen-bond donors (Lipinski definition) is 1. The Bertz CT molecular complexity index is 243. The van der Waals surface area contributed by atoms with E-state index in [9.17, 15) is 4.79 Å². The predicted molar refractivity (Wildman–Crippen MR) is 62.5 cm³/mol. The monoisotopic (exact) mass is 226 g/mol. The van der Waals surface area contributed by atoms with Gasteiger partial charge in [0.15, 0.2) is 0 Å². The first-order valence-electron chi connectivity index (χ1n) is 6.31. The molecule has 1 amide bonds. The number of likely N-dealkylation sites (tertiary alicyclic amines) is 2. The van der Waals surface area contributed by atoms with Crippen LogP contribution in [-0.2, 0) is 0 Å². The van der Waals surface area contributed by atoms with Crippen LogP contribution in [0.15, 0.2) is 0 Å². The maximum atomic E-state index is 10.6. The van der Waals surface area contributed by atoms with Crippen LogP contribution in [0, 0.1) is 11.8 Å². The van der Waals surface area contributed by atoms with Crippen molar-refractivity contribution in [3.63, 3.8) is 0 Å². The summed E-state index contributed by atoms with van der Waals surface area (Å²) in [5, 5.41) is 8.72. The van der Waals surface area contributed by atoms with Crippen LogP contribution in [0.4, 0.5) is 4.79 Å². The van der Waals surface area contributed by atoms with Crippen molar-refractivity contribution in [3.8, 4) is 0 Å². The molecule has 2 saturated heterocycles. The summed E-state index contributed by atoms with van der Waals surface area (Å²) in [6.45, 7) is 4.00. The lowest BCUT2D eigenvalue weighted by molar-refractivity contribution is 0.0733. The highest BCUT2D eigenvalue weighted by Gasteiger charge is 2.30. The summed E-state index contributed by atoms with van der Waals surface area (Å²) in [4.78, 5) is 14.5. The van der Waals surface area contributed by atoms with Crippen LogP contribution in [-0.4, -0.2) is 54.2 Å². The largest absolute Gasteiger partial charge is 0.465 e. The van der Waals surface area contributed by atoms with Gasteiger partial charge in [-0.05, 0) is 57.7 Å². The minimum absolute atomic E-state index is 0.635.